The van der Waals surface area contributed by atoms with E-state index in [-0.39, 0.29) is 6.54 Å². The average Bonchev–Trinajstić information content (AvgIpc) is 3.24. The highest BCUT2D eigenvalue weighted by Gasteiger charge is 2.24. The lowest BCUT2D eigenvalue weighted by molar-refractivity contribution is 0.0604. The molecule has 1 aromatic carbocycles. The average molecular weight is 371 g/mol. The van der Waals surface area contributed by atoms with Crippen LogP contribution in [0.4, 0.5) is 10.5 Å². The van der Waals surface area contributed by atoms with Gasteiger partial charge in [-0.25, -0.2) is 14.5 Å². The zero-order valence-electron chi connectivity index (χ0n) is 14.9. The predicted molar refractivity (Wildman–Crippen MR) is 102 cm³/mol. The van der Waals surface area contributed by atoms with Crippen LogP contribution in [0.1, 0.15) is 24.1 Å². The molecule has 0 saturated heterocycles. The minimum atomic E-state index is -1.13. The molecular weight excluding hydrogens is 350 g/mol. The van der Waals surface area contributed by atoms with Crippen molar-refractivity contribution < 1.29 is 9.90 Å². The highest BCUT2D eigenvalue weighted by atomic mass is 32.1. The van der Waals surface area contributed by atoms with Crippen molar-refractivity contribution in [2.45, 2.75) is 26.4 Å². The van der Waals surface area contributed by atoms with E-state index in [1.807, 2.05) is 48.9 Å². The molecule has 0 radical (unpaired) electrons. The van der Waals surface area contributed by atoms with Gasteiger partial charge in [0.1, 0.15) is 17.2 Å². The molecule has 136 valence electrons. The molecule has 3 rings (SSSR count). The van der Waals surface area contributed by atoms with Crippen LogP contribution >= 0.6 is 11.3 Å². The van der Waals surface area contributed by atoms with E-state index < -0.39 is 11.6 Å². The number of aromatic nitrogens is 3. The largest absolute Gasteiger partial charge is 0.384 e. The molecule has 2 amide bonds. The molecule has 2 aromatic heterocycles. The highest BCUT2D eigenvalue weighted by molar-refractivity contribution is 7.08. The molecule has 2 heterocycles. The minimum absolute atomic E-state index is 0.0964. The number of carbonyl (C=O) groups is 1. The van der Waals surface area contributed by atoms with Crippen molar-refractivity contribution in [1.82, 2.24) is 20.1 Å². The van der Waals surface area contributed by atoms with Crippen LogP contribution in [0.5, 0.6) is 0 Å². The van der Waals surface area contributed by atoms with E-state index in [1.54, 1.807) is 17.7 Å². The quantitative estimate of drug-likeness (QED) is 0.643. The molecule has 0 bridgehead atoms. The summed E-state index contributed by atoms with van der Waals surface area (Å²) in [6.45, 7) is 5.44. The number of hydrogen-bond acceptors (Lipinski definition) is 5. The Bertz CT molecular complexity index is 902. The number of amides is 2. The van der Waals surface area contributed by atoms with E-state index in [4.69, 9.17) is 0 Å². The first-order chi connectivity index (χ1) is 12.4. The Morgan fingerprint density at radius 2 is 2.08 bits per heavy atom. The molecule has 8 heteroatoms. The van der Waals surface area contributed by atoms with Crippen molar-refractivity contribution in [3.8, 4) is 5.69 Å². The van der Waals surface area contributed by atoms with Crippen molar-refractivity contribution in [2.75, 3.05) is 11.9 Å². The number of para-hydroxylation sites is 2. The summed E-state index contributed by atoms with van der Waals surface area (Å²) in [5, 5.41) is 24.2. The van der Waals surface area contributed by atoms with Crippen LogP contribution in [0.3, 0.4) is 0 Å². The molecule has 1 atom stereocenters. The van der Waals surface area contributed by atoms with Gasteiger partial charge in [0.2, 0.25) is 0 Å². The van der Waals surface area contributed by atoms with Crippen molar-refractivity contribution in [2.24, 2.45) is 0 Å². The van der Waals surface area contributed by atoms with Gasteiger partial charge in [0.05, 0.1) is 17.9 Å². The molecule has 7 nitrogen and oxygen atoms in total. The van der Waals surface area contributed by atoms with E-state index in [0.29, 0.717) is 11.5 Å². The summed E-state index contributed by atoms with van der Waals surface area (Å²) in [5.74, 6) is 1.39. The van der Waals surface area contributed by atoms with Crippen LogP contribution < -0.4 is 10.6 Å². The molecule has 0 aliphatic heterocycles. The number of nitrogens with zero attached hydrogens (tertiary/aromatic N) is 3. The van der Waals surface area contributed by atoms with Gasteiger partial charge in [0.25, 0.3) is 0 Å². The third-order valence-electron chi connectivity index (χ3n) is 3.99. The first-order valence-electron chi connectivity index (χ1n) is 8.16. The van der Waals surface area contributed by atoms with Crippen molar-refractivity contribution in [3.63, 3.8) is 0 Å². The zero-order chi connectivity index (χ0) is 18.7. The summed E-state index contributed by atoms with van der Waals surface area (Å²) < 4.78 is 1.69. The Morgan fingerprint density at radius 1 is 1.31 bits per heavy atom. The van der Waals surface area contributed by atoms with Crippen molar-refractivity contribution in [1.29, 1.82) is 0 Å². The van der Waals surface area contributed by atoms with Crippen LogP contribution in [0.2, 0.25) is 0 Å². The van der Waals surface area contributed by atoms with Gasteiger partial charge in [-0.15, -0.1) is 0 Å². The molecule has 0 aliphatic rings. The van der Waals surface area contributed by atoms with E-state index in [9.17, 15) is 9.90 Å². The third-order valence-corrected chi connectivity index (χ3v) is 4.67. The number of aliphatic hydroxyl groups is 1. The third kappa shape index (κ3) is 3.92. The maximum atomic E-state index is 12.3. The molecular formula is C18H21N5O2S. The smallest absolute Gasteiger partial charge is 0.319 e. The molecule has 3 aromatic rings. The van der Waals surface area contributed by atoms with Crippen LogP contribution in [0.25, 0.3) is 5.69 Å². The molecule has 0 aliphatic carbocycles. The monoisotopic (exact) mass is 371 g/mol. The number of rotatable bonds is 5. The number of carbonyl (C=O) groups excluding carboxylic acids is 1. The first kappa shape index (κ1) is 18.1. The normalized spacial score (nSPS) is 13.2. The van der Waals surface area contributed by atoms with Gasteiger partial charge in [-0.3, -0.25) is 0 Å². The van der Waals surface area contributed by atoms with Gasteiger partial charge in [0.15, 0.2) is 0 Å². The van der Waals surface area contributed by atoms with Gasteiger partial charge in [-0.2, -0.15) is 16.4 Å². The second kappa shape index (κ2) is 7.27. The lowest BCUT2D eigenvalue weighted by Gasteiger charge is -2.23. The Labute approximate surface area is 155 Å². The topological polar surface area (TPSA) is 92.1 Å². The summed E-state index contributed by atoms with van der Waals surface area (Å²) in [6.07, 6.45) is 0. The number of benzene rings is 1. The van der Waals surface area contributed by atoms with E-state index in [0.717, 1.165) is 17.1 Å². The summed E-state index contributed by atoms with van der Waals surface area (Å²) in [4.78, 5) is 16.6. The summed E-state index contributed by atoms with van der Waals surface area (Å²) in [7, 11) is 0. The zero-order valence-corrected chi connectivity index (χ0v) is 15.7. The fourth-order valence-corrected chi connectivity index (χ4v) is 3.39. The Hall–Kier alpha value is -2.71. The van der Waals surface area contributed by atoms with Crippen molar-refractivity contribution >= 4 is 23.1 Å². The lowest BCUT2D eigenvalue weighted by atomic mass is 9.99. The standard InChI is InChI=1S/C18H21N5O2S/c1-12-20-13(2)23(22-12)16-7-5-4-6-15(16)21-17(24)19-11-18(3,25)14-8-9-26-10-14/h4-10,25H,11H2,1-3H3,(H2,19,21,24). The fourth-order valence-electron chi connectivity index (χ4n) is 2.61. The molecule has 26 heavy (non-hydrogen) atoms. The minimum Gasteiger partial charge on any atom is -0.384 e. The SMILES string of the molecule is Cc1nc(C)n(-c2ccccc2NC(=O)NCC(C)(O)c2ccsc2)n1. The van der Waals surface area contributed by atoms with E-state index >= 15 is 0 Å². The summed E-state index contributed by atoms with van der Waals surface area (Å²) in [5.41, 5.74) is 0.978. The van der Waals surface area contributed by atoms with E-state index in [1.165, 1.54) is 11.3 Å². The van der Waals surface area contributed by atoms with Gasteiger partial charge in [0, 0.05) is 0 Å². The predicted octanol–water partition coefficient (Wildman–Crippen LogP) is 2.97. The molecule has 0 saturated carbocycles. The summed E-state index contributed by atoms with van der Waals surface area (Å²) >= 11 is 1.50. The number of anilines is 1. The number of urea groups is 1. The molecule has 0 spiro atoms. The lowest BCUT2D eigenvalue weighted by Crippen LogP contribution is -2.40. The number of nitrogens with one attached hydrogen (secondary N) is 2. The van der Waals surface area contributed by atoms with Crippen LogP contribution in [-0.2, 0) is 5.60 Å². The van der Waals surface area contributed by atoms with Gasteiger partial charge < -0.3 is 15.7 Å². The maximum Gasteiger partial charge on any atom is 0.319 e. The first-order valence-corrected chi connectivity index (χ1v) is 9.11. The summed E-state index contributed by atoms with van der Waals surface area (Å²) in [6, 6.07) is 8.80. The van der Waals surface area contributed by atoms with Crippen molar-refractivity contribution in [3.05, 3.63) is 58.3 Å². The number of hydrogen-bond donors (Lipinski definition) is 3. The molecule has 1 unspecified atom stereocenters. The van der Waals surface area contributed by atoms with Crippen LogP contribution in [0.15, 0.2) is 41.1 Å². The van der Waals surface area contributed by atoms with Gasteiger partial charge >= 0.3 is 6.03 Å². The number of thiophene rings is 1. The number of aryl methyl sites for hydroxylation is 2. The molecule has 0 fully saturated rings. The Morgan fingerprint density at radius 3 is 2.73 bits per heavy atom. The van der Waals surface area contributed by atoms with Crippen LogP contribution in [-0.4, -0.2) is 32.4 Å². The Balaban J connectivity index is 1.71. The second-order valence-corrected chi connectivity index (χ2v) is 7.01. The Kier molecular flexibility index (Phi) is 5.06. The van der Waals surface area contributed by atoms with Gasteiger partial charge in [-0.1, -0.05) is 12.1 Å². The van der Waals surface area contributed by atoms with Gasteiger partial charge in [-0.05, 0) is 55.3 Å². The fraction of sp³-hybridized carbons (Fsp3) is 0.278. The van der Waals surface area contributed by atoms with Crippen LogP contribution in [0, 0.1) is 13.8 Å². The highest BCUT2D eigenvalue weighted by Crippen LogP contribution is 2.23. The molecule has 3 N–H and O–H groups in total. The maximum absolute atomic E-state index is 12.3. The second-order valence-electron chi connectivity index (χ2n) is 6.23. The van der Waals surface area contributed by atoms with E-state index in [2.05, 4.69) is 20.7 Å².